The van der Waals surface area contributed by atoms with E-state index in [-0.39, 0.29) is 5.56 Å². The van der Waals surface area contributed by atoms with Crippen molar-refractivity contribution in [3.05, 3.63) is 35.1 Å². The number of halogens is 1. The van der Waals surface area contributed by atoms with Crippen LogP contribution in [0.25, 0.3) is 0 Å². The second-order valence-corrected chi connectivity index (χ2v) is 5.98. The fourth-order valence-electron chi connectivity index (χ4n) is 2.86. The number of nitrogens with one attached hydrogen (secondary N) is 1. The second-order valence-electron chi connectivity index (χ2n) is 5.98. The average Bonchev–Trinajstić information content (AvgIpc) is 2.41. The molecule has 2 rings (SSSR count). The molecule has 114 valence electrons. The molecular weight excluding hydrogens is 273 g/mol. The minimum atomic E-state index is -0.991. The van der Waals surface area contributed by atoms with E-state index in [9.17, 15) is 19.1 Å². The maximum atomic E-state index is 13.8. The van der Waals surface area contributed by atoms with Gasteiger partial charge in [0.15, 0.2) is 0 Å². The van der Waals surface area contributed by atoms with Gasteiger partial charge in [-0.15, -0.1) is 0 Å². The number of aliphatic carboxylic acids is 1. The number of amides is 1. The van der Waals surface area contributed by atoms with Crippen molar-refractivity contribution in [1.82, 2.24) is 5.32 Å². The molecule has 0 aromatic heterocycles. The molecule has 0 bridgehead atoms. The van der Waals surface area contributed by atoms with Gasteiger partial charge < -0.3 is 10.4 Å². The number of carboxylic acids is 1. The molecule has 1 saturated carbocycles. The average molecular weight is 293 g/mol. The molecule has 0 saturated heterocycles. The zero-order chi connectivity index (χ0) is 15.6. The van der Waals surface area contributed by atoms with Crippen LogP contribution in [0.3, 0.4) is 0 Å². The molecule has 0 radical (unpaired) electrons. The number of hydrogen-bond donors (Lipinski definition) is 2. The Morgan fingerprint density at radius 3 is 2.71 bits per heavy atom. The Hall–Kier alpha value is -1.91. The van der Waals surface area contributed by atoms with E-state index >= 15 is 0 Å². The van der Waals surface area contributed by atoms with E-state index in [1.165, 1.54) is 12.1 Å². The van der Waals surface area contributed by atoms with Crippen LogP contribution in [0.2, 0.25) is 0 Å². The lowest BCUT2D eigenvalue weighted by Crippen LogP contribution is -2.52. The number of hydrogen-bond acceptors (Lipinski definition) is 2. The largest absolute Gasteiger partial charge is 0.481 e. The van der Waals surface area contributed by atoms with E-state index in [1.54, 1.807) is 19.9 Å². The molecule has 4 nitrogen and oxygen atoms in total. The zero-order valence-electron chi connectivity index (χ0n) is 12.3. The van der Waals surface area contributed by atoms with E-state index in [2.05, 4.69) is 5.32 Å². The molecule has 1 aromatic carbocycles. The van der Waals surface area contributed by atoms with Crippen molar-refractivity contribution < 1.29 is 19.1 Å². The molecule has 2 unspecified atom stereocenters. The molecule has 5 heteroatoms. The van der Waals surface area contributed by atoms with Gasteiger partial charge in [0.2, 0.25) is 0 Å². The van der Waals surface area contributed by atoms with Gasteiger partial charge in [-0.05, 0) is 44.4 Å². The van der Waals surface area contributed by atoms with Gasteiger partial charge in [-0.3, -0.25) is 9.59 Å². The Bertz CT molecular complexity index is 573. The number of carbonyl (C=O) groups is 2. The van der Waals surface area contributed by atoms with Crippen LogP contribution in [0.4, 0.5) is 4.39 Å². The molecule has 0 heterocycles. The van der Waals surface area contributed by atoms with Crippen LogP contribution in [0.15, 0.2) is 18.2 Å². The highest BCUT2D eigenvalue weighted by Gasteiger charge is 2.44. The van der Waals surface area contributed by atoms with E-state index in [1.807, 2.05) is 0 Å². The van der Waals surface area contributed by atoms with Crippen molar-refractivity contribution in [3.8, 4) is 0 Å². The molecule has 1 fully saturated rings. The summed E-state index contributed by atoms with van der Waals surface area (Å²) in [6, 6.07) is 3.92. The minimum Gasteiger partial charge on any atom is -0.481 e. The smallest absolute Gasteiger partial charge is 0.311 e. The van der Waals surface area contributed by atoms with Crippen LogP contribution in [0.5, 0.6) is 0 Å². The molecule has 21 heavy (non-hydrogen) atoms. The van der Waals surface area contributed by atoms with Crippen LogP contribution < -0.4 is 5.32 Å². The normalized spacial score (nSPS) is 25.4. The molecule has 1 aliphatic carbocycles. The van der Waals surface area contributed by atoms with Gasteiger partial charge in [0.1, 0.15) is 5.82 Å². The van der Waals surface area contributed by atoms with Crippen LogP contribution in [-0.2, 0) is 4.79 Å². The van der Waals surface area contributed by atoms with E-state index in [4.69, 9.17) is 0 Å². The third-order valence-corrected chi connectivity index (χ3v) is 4.37. The van der Waals surface area contributed by atoms with Gasteiger partial charge >= 0.3 is 5.97 Å². The highest BCUT2D eigenvalue weighted by atomic mass is 19.1. The van der Waals surface area contributed by atoms with Crippen molar-refractivity contribution in [2.45, 2.75) is 45.6 Å². The summed E-state index contributed by atoms with van der Waals surface area (Å²) in [7, 11) is 0. The lowest BCUT2D eigenvalue weighted by molar-refractivity contribution is -0.151. The molecular formula is C16H20FNO3. The van der Waals surface area contributed by atoms with Crippen molar-refractivity contribution in [3.63, 3.8) is 0 Å². The van der Waals surface area contributed by atoms with Crippen molar-refractivity contribution in [1.29, 1.82) is 0 Å². The Balaban J connectivity index is 2.19. The van der Waals surface area contributed by atoms with Gasteiger partial charge in [0, 0.05) is 6.04 Å². The summed E-state index contributed by atoms with van der Waals surface area (Å²) in [4.78, 5) is 23.7. The fourth-order valence-corrected chi connectivity index (χ4v) is 2.86. The Morgan fingerprint density at radius 2 is 2.10 bits per heavy atom. The summed E-state index contributed by atoms with van der Waals surface area (Å²) >= 11 is 0. The second kappa shape index (κ2) is 5.84. The number of rotatable bonds is 3. The Labute approximate surface area is 123 Å². The molecule has 1 amide bonds. The topological polar surface area (TPSA) is 66.4 Å². The third kappa shape index (κ3) is 3.06. The summed E-state index contributed by atoms with van der Waals surface area (Å²) in [5.41, 5.74) is -0.300. The number of carboxylic acid groups (broad SMARTS) is 1. The van der Waals surface area contributed by atoms with Gasteiger partial charge in [-0.25, -0.2) is 4.39 Å². The summed E-state index contributed by atoms with van der Waals surface area (Å²) in [5, 5.41) is 12.1. The lowest BCUT2D eigenvalue weighted by atomic mass is 9.71. The maximum Gasteiger partial charge on any atom is 0.311 e. The van der Waals surface area contributed by atoms with Crippen LogP contribution in [-0.4, -0.2) is 23.0 Å². The summed E-state index contributed by atoms with van der Waals surface area (Å²) in [6.07, 6.45) is 2.81. The lowest BCUT2D eigenvalue weighted by Gasteiger charge is -2.38. The molecule has 1 aliphatic rings. The molecule has 2 N–H and O–H groups in total. The SMILES string of the molecule is Cc1ccc(C(=O)NC2CCCCC2(C)C(=O)O)c(F)c1. The molecule has 1 aromatic rings. The molecule has 0 spiro atoms. The van der Waals surface area contributed by atoms with Gasteiger partial charge in [0.05, 0.1) is 11.0 Å². The Morgan fingerprint density at radius 1 is 1.38 bits per heavy atom. The first-order chi connectivity index (χ1) is 9.84. The first kappa shape index (κ1) is 15.5. The highest BCUT2D eigenvalue weighted by molar-refractivity contribution is 5.95. The van der Waals surface area contributed by atoms with E-state index < -0.39 is 29.2 Å². The van der Waals surface area contributed by atoms with Gasteiger partial charge in [-0.2, -0.15) is 0 Å². The molecule has 2 atom stereocenters. The van der Waals surface area contributed by atoms with Gasteiger partial charge in [0.25, 0.3) is 5.91 Å². The number of benzene rings is 1. The summed E-state index contributed by atoms with van der Waals surface area (Å²) in [6.45, 7) is 3.39. The van der Waals surface area contributed by atoms with Crippen molar-refractivity contribution in [2.75, 3.05) is 0 Å². The first-order valence-corrected chi connectivity index (χ1v) is 7.15. The van der Waals surface area contributed by atoms with Crippen molar-refractivity contribution in [2.24, 2.45) is 5.41 Å². The fraction of sp³-hybridized carbons (Fsp3) is 0.500. The van der Waals surface area contributed by atoms with Crippen LogP contribution >= 0.6 is 0 Å². The molecule has 0 aliphatic heterocycles. The van der Waals surface area contributed by atoms with Crippen molar-refractivity contribution >= 4 is 11.9 Å². The quantitative estimate of drug-likeness (QED) is 0.900. The summed E-state index contributed by atoms with van der Waals surface area (Å²) < 4.78 is 13.8. The third-order valence-electron chi connectivity index (χ3n) is 4.37. The Kier molecular flexibility index (Phi) is 4.30. The van der Waals surface area contributed by atoms with Gasteiger partial charge in [-0.1, -0.05) is 18.9 Å². The minimum absolute atomic E-state index is 0.0427. The predicted molar refractivity (Wildman–Crippen MR) is 76.6 cm³/mol. The van der Waals surface area contributed by atoms with Crippen LogP contribution in [0.1, 0.15) is 48.5 Å². The summed E-state index contributed by atoms with van der Waals surface area (Å²) in [5.74, 6) is -2.05. The highest BCUT2D eigenvalue weighted by Crippen LogP contribution is 2.36. The standard InChI is InChI=1S/C16H20FNO3/c1-10-6-7-11(12(17)9-10)14(19)18-13-5-3-4-8-16(13,2)15(20)21/h6-7,9,13H,3-5,8H2,1-2H3,(H,18,19)(H,20,21). The first-order valence-electron chi connectivity index (χ1n) is 7.15. The monoisotopic (exact) mass is 293 g/mol. The van der Waals surface area contributed by atoms with Crippen LogP contribution in [0, 0.1) is 18.2 Å². The van der Waals surface area contributed by atoms with E-state index in [0.717, 1.165) is 18.4 Å². The zero-order valence-corrected chi connectivity index (χ0v) is 12.3. The van der Waals surface area contributed by atoms with E-state index in [0.29, 0.717) is 12.8 Å². The predicted octanol–water partition coefficient (Wildman–Crippen LogP) is 2.90. The maximum absolute atomic E-state index is 13.8. The number of aryl methyl sites for hydroxylation is 1. The number of carbonyl (C=O) groups excluding carboxylic acids is 1.